The molecule has 1 aliphatic carbocycles. The predicted molar refractivity (Wildman–Crippen MR) is 133 cm³/mol. The Balaban J connectivity index is 2.26. The number of carbonyl (C=O) groups excluding carboxylic acids is 3. The van der Waals surface area contributed by atoms with Crippen LogP contribution in [0.1, 0.15) is 64.7 Å². The molecule has 0 aromatic carbocycles. The van der Waals surface area contributed by atoms with Crippen LogP contribution in [0, 0.1) is 11.8 Å². The molecule has 0 spiro atoms. The molecule has 3 atom stereocenters. The molecule has 1 aromatic heterocycles. The van der Waals surface area contributed by atoms with Gasteiger partial charge in [-0.15, -0.1) is 11.3 Å². The van der Waals surface area contributed by atoms with Crippen molar-refractivity contribution in [2.45, 2.75) is 76.8 Å². The first-order valence-corrected chi connectivity index (χ1v) is 14.6. The number of carbonyl (C=O) groups is 3. The molecule has 1 fully saturated rings. The van der Waals surface area contributed by atoms with Crippen LogP contribution in [0.4, 0.5) is 5.13 Å². The molecule has 13 heteroatoms. The molecule has 0 unspecified atom stereocenters. The second-order valence-corrected chi connectivity index (χ2v) is 11.8. The number of rotatable bonds is 15. The van der Waals surface area contributed by atoms with Crippen molar-refractivity contribution >= 4 is 44.7 Å². The highest BCUT2D eigenvalue weighted by atomic mass is 32.2. The van der Waals surface area contributed by atoms with Crippen molar-refractivity contribution in [2.24, 2.45) is 11.8 Å². The quantitative estimate of drug-likeness (QED) is 0.153. The fraction of sp³-hybridized carbons (Fsp3) is 0.727. The van der Waals surface area contributed by atoms with Crippen LogP contribution in [0.5, 0.6) is 0 Å². The summed E-state index contributed by atoms with van der Waals surface area (Å²) < 4.78 is 26.2. The average Bonchev–Trinajstić information content (AvgIpc) is 3.36. The summed E-state index contributed by atoms with van der Waals surface area (Å²) in [5, 5.41) is 18.1. The smallest absolute Gasteiger partial charge is 0.248 e. The number of hydrogen-bond donors (Lipinski definition) is 4. The molecule has 3 amide bonds. The Kier molecular flexibility index (Phi) is 12.0. The van der Waals surface area contributed by atoms with Gasteiger partial charge < -0.3 is 10.6 Å². The lowest BCUT2D eigenvalue weighted by Gasteiger charge is -2.34. The lowest BCUT2D eigenvalue weighted by Crippen LogP contribution is -2.52. The normalized spacial score (nSPS) is 17.2. The Morgan fingerprint density at radius 1 is 1.26 bits per heavy atom. The molecule has 1 saturated carbocycles. The first kappa shape index (κ1) is 29.1. The van der Waals surface area contributed by atoms with Gasteiger partial charge >= 0.3 is 0 Å². The van der Waals surface area contributed by atoms with Gasteiger partial charge in [0.1, 0.15) is 6.04 Å². The van der Waals surface area contributed by atoms with Gasteiger partial charge in [-0.1, -0.05) is 45.4 Å². The van der Waals surface area contributed by atoms with E-state index in [0.29, 0.717) is 35.9 Å². The van der Waals surface area contributed by atoms with Gasteiger partial charge in [0.2, 0.25) is 28.2 Å². The maximum atomic E-state index is 13.5. The van der Waals surface area contributed by atoms with Gasteiger partial charge in [0.15, 0.2) is 5.13 Å². The maximum Gasteiger partial charge on any atom is 0.248 e. The standard InChI is InChI=1S/C22H37N5O6S2/c1-3-7-19(27(31)15-28)17(14-16-8-5-4-6-9-16)20(29)25-18(10-13-35(32,33)23-2)21(30)26-22-24-11-12-34-22/h11-12,15-19,23,31H,3-10,13-14H2,1-2H3,(H,25,29)(H,24,26,30)/t17-,18+,19+/m1/s1. The molecular weight excluding hydrogens is 494 g/mol. The van der Waals surface area contributed by atoms with Crippen molar-refractivity contribution < 1.29 is 28.0 Å². The van der Waals surface area contributed by atoms with E-state index in [0.717, 1.165) is 32.1 Å². The zero-order valence-electron chi connectivity index (χ0n) is 20.3. The van der Waals surface area contributed by atoms with Crippen molar-refractivity contribution in [1.29, 1.82) is 0 Å². The lowest BCUT2D eigenvalue weighted by atomic mass is 9.79. The summed E-state index contributed by atoms with van der Waals surface area (Å²) in [6.07, 6.45) is 8.37. The minimum Gasteiger partial charge on any atom is -0.344 e. The maximum absolute atomic E-state index is 13.5. The fourth-order valence-electron chi connectivity index (χ4n) is 4.51. The van der Waals surface area contributed by atoms with Crippen LogP contribution in [0.15, 0.2) is 11.6 Å². The molecule has 1 aromatic rings. The van der Waals surface area contributed by atoms with Crippen LogP contribution < -0.4 is 15.4 Å². The number of hydrogen-bond acceptors (Lipinski definition) is 8. The number of aromatic nitrogens is 1. The Hall–Kier alpha value is -2.09. The number of anilines is 1. The third-order valence-electron chi connectivity index (χ3n) is 6.43. The van der Waals surface area contributed by atoms with Crippen LogP contribution in [0.25, 0.3) is 0 Å². The summed E-state index contributed by atoms with van der Waals surface area (Å²) in [5.41, 5.74) is 0. The number of sulfonamides is 1. The van der Waals surface area contributed by atoms with E-state index >= 15 is 0 Å². The molecular formula is C22H37N5O6S2. The molecule has 1 aliphatic rings. The molecule has 0 saturated heterocycles. The van der Waals surface area contributed by atoms with Crippen LogP contribution >= 0.6 is 11.3 Å². The van der Waals surface area contributed by atoms with Gasteiger partial charge in [-0.2, -0.15) is 0 Å². The van der Waals surface area contributed by atoms with Crippen molar-refractivity contribution in [1.82, 2.24) is 20.1 Å². The zero-order chi connectivity index (χ0) is 25.8. The van der Waals surface area contributed by atoms with E-state index in [-0.39, 0.29) is 18.1 Å². The first-order valence-electron chi connectivity index (χ1n) is 12.0. The van der Waals surface area contributed by atoms with E-state index < -0.39 is 39.8 Å². The molecule has 0 aliphatic heterocycles. The van der Waals surface area contributed by atoms with Crippen molar-refractivity contribution in [3.8, 4) is 0 Å². The second kappa shape index (κ2) is 14.5. The number of nitrogens with zero attached hydrogens (tertiary/aromatic N) is 2. The monoisotopic (exact) mass is 531 g/mol. The average molecular weight is 532 g/mol. The van der Waals surface area contributed by atoms with Gasteiger partial charge in [0.05, 0.1) is 17.7 Å². The van der Waals surface area contributed by atoms with Crippen molar-refractivity contribution in [2.75, 3.05) is 18.1 Å². The van der Waals surface area contributed by atoms with Crippen LogP contribution in [-0.2, 0) is 24.4 Å². The number of nitrogens with one attached hydrogen (secondary N) is 3. The molecule has 2 rings (SSSR count). The Morgan fingerprint density at radius 3 is 2.54 bits per heavy atom. The van der Waals surface area contributed by atoms with Crippen molar-refractivity contribution in [3.05, 3.63) is 11.6 Å². The minimum atomic E-state index is -3.62. The lowest BCUT2D eigenvalue weighted by molar-refractivity contribution is -0.169. The van der Waals surface area contributed by atoms with Gasteiger partial charge in [0.25, 0.3) is 0 Å². The zero-order valence-corrected chi connectivity index (χ0v) is 21.9. The predicted octanol–water partition coefficient (Wildman–Crippen LogP) is 2.11. The third-order valence-corrected chi connectivity index (χ3v) is 8.51. The van der Waals surface area contributed by atoms with Crippen LogP contribution in [0.2, 0.25) is 0 Å². The van der Waals surface area contributed by atoms with E-state index in [4.69, 9.17) is 0 Å². The highest BCUT2D eigenvalue weighted by Crippen LogP contribution is 2.32. The number of amides is 3. The van der Waals surface area contributed by atoms with Crippen molar-refractivity contribution in [3.63, 3.8) is 0 Å². The second-order valence-electron chi connectivity index (χ2n) is 8.89. The van der Waals surface area contributed by atoms with Gasteiger partial charge in [-0.3, -0.25) is 19.6 Å². The van der Waals surface area contributed by atoms with Crippen LogP contribution in [-0.4, -0.2) is 66.8 Å². The minimum absolute atomic E-state index is 0.156. The summed E-state index contributed by atoms with van der Waals surface area (Å²) in [5.74, 6) is -1.92. The highest BCUT2D eigenvalue weighted by molar-refractivity contribution is 7.89. The Bertz CT molecular complexity index is 905. The summed E-state index contributed by atoms with van der Waals surface area (Å²) in [4.78, 5) is 41.9. The van der Waals surface area contributed by atoms with E-state index in [2.05, 4.69) is 20.3 Å². The highest BCUT2D eigenvalue weighted by Gasteiger charge is 2.36. The molecule has 0 bridgehead atoms. The van der Waals surface area contributed by atoms with E-state index in [1.165, 1.54) is 24.6 Å². The fourth-order valence-corrected chi connectivity index (χ4v) is 5.79. The SMILES string of the molecule is CCC[C@@H]([C@@H](CC1CCCCC1)C(=O)N[C@@H](CCS(=O)(=O)NC)C(=O)Nc1nccs1)N(O)C=O. The van der Waals surface area contributed by atoms with Gasteiger partial charge in [-0.25, -0.2) is 23.2 Å². The van der Waals surface area contributed by atoms with Gasteiger partial charge in [0, 0.05) is 11.6 Å². The third kappa shape index (κ3) is 9.47. The van der Waals surface area contributed by atoms with E-state index in [1.54, 1.807) is 5.38 Å². The molecule has 0 radical (unpaired) electrons. The number of hydroxylamine groups is 2. The summed E-state index contributed by atoms with van der Waals surface area (Å²) in [7, 11) is -2.34. The molecule has 11 nitrogen and oxygen atoms in total. The molecule has 35 heavy (non-hydrogen) atoms. The largest absolute Gasteiger partial charge is 0.344 e. The summed E-state index contributed by atoms with van der Waals surface area (Å²) in [6, 6.07) is -1.89. The summed E-state index contributed by atoms with van der Waals surface area (Å²) in [6.45, 7) is 1.90. The Labute approximate surface area is 211 Å². The van der Waals surface area contributed by atoms with E-state index in [1.807, 2.05) is 6.92 Å². The topological polar surface area (TPSA) is 158 Å². The number of thiazole rings is 1. The van der Waals surface area contributed by atoms with Crippen LogP contribution in [0.3, 0.4) is 0 Å². The Morgan fingerprint density at radius 2 is 1.97 bits per heavy atom. The molecule has 198 valence electrons. The summed E-state index contributed by atoms with van der Waals surface area (Å²) >= 11 is 1.20. The van der Waals surface area contributed by atoms with E-state index in [9.17, 15) is 28.0 Å². The molecule has 1 heterocycles. The first-order chi connectivity index (χ1) is 16.7. The van der Waals surface area contributed by atoms with Gasteiger partial charge in [-0.05, 0) is 32.2 Å². The molecule has 4 N–H and O–H groups in total.